The minimum atomic E-state index is -1.06. The van der Waals surface area contributed by atoms with Crippen LogP contribution in [0.2, 0.25) is 0 Å². The Morgan fingerprint density at radius 3 is 2.66 bits per heavy atom. The van der Waals surface area contributed by atoms with Crippen LogP contribution in [0.15, 0.2) is 29.3 Å². The van der Waals surface area contributed by atoms with Crippen molar-refractivity contribution in [2.45, 2.75) is 67.7 Å². The highest BCUT2D eigenvalue weighted by Crippen LogP contribution is 2.43. The molecule has 6 nitrogen and oxygen atoms in total. The van der Waals surface area contributed by atoms with E-state index < -0.39 is 10.8 Å². The molecule has 170 valence electrons. The summed E-state index contributed by atoms with van der Waals surface area (Å²) in [4.78, 5) is 14.8. The lowest BCUT2D eigenvalue weighted by molar-refractivity contribution is 0.115. The molecule has 0 bridgehead atoms. The Bertz CT molecular complexity index is 1040. The Hall–Kier alpha value is -1.99. The van der Waals surface area contributed by atoms with E-state index in [4.69, 9.17) is 4.98 Å². The predicted molar refractivity (Wildman–Crippen MR) is 127 cm³/mol. The zero-order valence-electron chi connectivity index (χ0n) is 18.6. The third-order valence-electron chi connectivity index (χ3n) is 8.25. The standard InChI is InChI=1S/C25H32N4O2S/c30-17-25(9-2-10-25)29-13-14-32(31)22-16-26-24(27-23(22)29)28-11-7-19(8-12-28)21-6-5-18-3-1-4-20(18)15-21/h5-6,15-16,19,30H,1-4,7-14,17H2. The van der Waals surface area contributed by atoms with Gasteiger partial charge in [-0.25, -0.2) is 4.98 Å². The number of nitrogens with zero attached hydrogens (tertiary/aromatic N) is 4. The van der Waals surface area contributed by atoms with Gasteiger partial charge in [0.2, 0.25) is 5.95 Å². The van der Waals surface area contributed by atoms with Gasteiger partial charge in [-0.3, -0.25) is 4.21 Å². The third kappa shape index (κ3) is 3.36. The summed E-state index contributed by atoms with van der Waals surface area (Å²) in [5.41, 5.74) is 4.37. The van der Waals surface area contributed by atoms with Crippen LogP contribution in [0.1, 0.15) is 61.1 Å². The molecule has 6 rings (SSSR count). The highest BCUT2D eigenvalue weighted by atomic mass is 32.2. The molecular formula is C25H32N4O2S. The van der Waals surface area contributed by atoms with Crippen LogP contribution in [0, 0.1) is 0 Å². The average Bonchev–Trinajstić information content (AvgIpc) is 3.28. The van der Waals surface area contributed by atoms with Gasteiger partial charge in [-0.15, -0.1) is 0 Å². The van der Waals surface area contributed by atoms with Crippen molar-refractivity contribution in [3.63, 3.8) is 0 Å². The molecule has 0 radical (unpaired) electrons. The number of aliphatic hydroxyl groups excluding tert-OH is 1. The number of anilines is 2. The fourth-order valence-corrected chi connectivity index (χ4v) is 7.17. The lowest BCUT2D eigenvalue weighted by atomic mass is 9.76. The van der Waals surface area contributed by atoms with Gasteiger partial charge in [0.15, 0.2) is 5.82 Å². The van der Waals surface area contributed by atoms with Gasteiger partial charge in [-0.1, -0.05) is 18.2 Å². The molecule has 3 heterocycles. The van der Waals surface area contributed by atoms with E-state index in [1.807, 2.05) is 0 Å². The van der Waals surface area contributed by atoms with Crippen LogP contribution in [0.25, 0.3) is 0 Å². The van der Waals surface area contributed by atoms with Crippen molar-refractivity contribution in [2.24, 2.45) is 0 Å². The second-order valence-electron chi connectivity index (χ2n) is 9.94. The summed E-state index contributed by atoms with van der Waals surface area (Å²) in [5.74, 6) is 2.72. The third-order valence-corrected chi connectivity index (χ3v) is 9.58. The molecule has 1 saturated heterocycles. The van der Waals surface area contributed by atoms with E-state index in [2.05, 4.69) is 33.0 Å². The summed E-state index contributed by atoms with van der Waals surface area (Å²) in [6.45, 7) is 2.70. The molecule has 1 unspecified atom stereocenters. The lowest BCUT2D eigenvalue weighted by Crippen LogP contribution is -2.59. The number of hydrogen-bond acceptors (Lipinski definition) is 6. The van der Waals surface area contributed by atoms with Crippen molar-refractivity contribution in [1.82, 2.24) is 9.97 Å². The summed E-state index contributed by atoms with van der Waals surface area (Å²) in [6.07, 6.45) is 10.8. The largest absolute Gasteiger partial charge is 0.394 e. The van der Waals surface area contributed by atoms with Crippen LogP contribution in [-0.2, 0) is 23.6 Å². The summed E-state index contributed by atoms with van der Waals surface area (Å²) in [6, 6.07) is 7.15. The van der Waals surface area contributed by atoms with Crippen molar-refractivity contribution >= 4 is 22.6 Å². The van der Waals surface area contributed by atoms with Crippen LogP contribution in [0.4, 0.5) is 11.8 Å². The molecular weight excluding hydrogens is 420 g/mol. The van der Waals surface area contributed by atoms with E-state index in [1.165, 1.54) is 24.8 Å². The van der Waals surface area contributed by atoms with Crippen LogP contribution >= 0.6 is 0 Å². The fourth-order valence-electron chi connectivity index (χ4n) is 6.07. The molecule has 2 fully saturated rings. The highest BCUT2D eigenvalue weighted by molar-refractivity contribution is 7.85. The van der Waals surface area contributed by atoms with Gasteiger partial charge in [0.1, 0.15) is 0 Å². The normalized spacial score (nSPS) is 24.7. The molecule has 2 aromatic rings. The van der Waals surface area contributed by atoms with Gasteiger partial charge >= 0.3 is 0 Å². The Kier molecular flexibility index (Phi) is 5.22. The Morgan fingerprint density at radius 2 is 1.91 bits per heavy atom. The zero-order valence-corrected chi connectivity index (χ0v) is 19.4. The number of aromatic nitrogens is 2. The monoisotopic (exact) mass is 452 g/mol. The molecule has 32 heavy (non-hydrogen) atoms. The van der Waals surface area contributed by atoms with Crippen molar-refractivity contribution in [3.05, 3.63) is 41.1 Å². The van der Waals surface area contributed by atoms with Gasteiger partial charge in [-0.05, 0) is 74.0 Å². The second-order valence-corrected chi connectivity index (χ2v) is 11.5. The first kappa shape index (κ1) is 20.6. The molecule has 1 atom stereocenters. The Labute approximate surface area is 192 Å². The average molecular weight is 453 g/mol. The summed E-state index contributed by atoms with van der Waals surface area (Å²) < 4.78 is 12.6. The molecule has 2 aliphatic carbocycles. The van der Waals surface area contributed by atoms with Crippen LogP contribution in [0.5, 0.6) is 0 Å². The number of fused-ring (bicyclic) bond motifs is 2. The number of hydrogen-bond donors (Lipinski definition) is 1. The van der Waals surface area contributed by atoms with E-state index in [9.17, 15) is 9.32 Å². The zero-order chi connectivity index (χ0) is 21.7. The molecule has 2 aliphatic heterocycles. The van der Waals surface area contributed by atoms with E-state index in [1.54, 1.807) is 17.3 Å². The molecule has 0 amide bonds. The van der Waals surface area contributed by atoms with Crippen molar-refractivity contribution in [2.75, 3.05) is 41.8 Å². The van der Waals surface area contributed by atoms with Gasteiger partial charge in [0, 0.05) is 25.4 Å². The maximum atomic E-state index is 12.6. The SMILES string of the molecule is O=S1CCN(C2(CO)CCC2)c2nc(N3CCC(c4ccc5c(c4)CCC5)CC3)ncc21. The molecule has 1 saturated carbocycles. The first-order valence-corrected chi connectivity index (χ1v) is 13.5. The highest BCUT2D eigenvalue weighted by Gasteiger charge is 2.45. The Balaban J connectivity index is 1.21. The van der Waals surface area contributed by atoms with Gasteiger partial charge < -0.3 is 14.9 Å². The molecule has 7 heteroatoms. The van der Waals surface area contributed by atoms with E-state index >= 15 is 0 Å². The first-order valence-electron chi connectivity index (χ1n) is 12.2. The van der Waals surface area contributed by atoms with Gasteiger partial charge in [-0.2, -0.15) is 4.98 Å². The maximum absolute atomic E-state index is 12.6. The number of piperidine rings is 1. The Morgan fingerprint density at radius 1 is 1.09 bits per heavy atom. The minimum Gasteiger partial charge on any atom is -0.394 e. The van der Waals surface area contributed by atoms with Crippen LogP contribution < -0.4 is 9.80 Å². The minimum absolute atomic E-state index is 0.130. The van der Waals surface area contributed by atoms with Crippen molar-refractivity contribution in [1.29, 1.82) is 0 Å². The second kappa shape index (κ2) is 8.10. The van der Waals surface area contributed by atoms with Gasteiger partial charge in [0.25, 0.3) is 0 Å². The molecule has 0 spiro atoms. The van der Waals surface area contributed by atoms with E-state index in [-0.39, 0.29) is 12.1 Å². The lowest BCUT2D eigenvalue weighted by Gasteiger charge is -2.51. The maximum Gasteiger partial charge on any atom is 0.227 e. The summed E-state index contributed by atoms with van der Waals surface area (Å²) in [7, 11) is -1.06. The quantitative estimate of drug-likeness (QED) is 0.768. The molecule has 1 N–H and O–H groups in total. The number of rotatable bonds is 4. The predicted octanol–water partition coefficient (Wildman–Crippen LogP) is 3.19. The number of aliphatic hydroxyl groups is 1. The summed E-state index contributed by atoms with van der Waals surface area (Å²) >= 11 is 0. The van der Waals surface area contributed by atoms with Gasteiger partial charge in [0.05, 0.1) is 34.0 Å². The smallest absolute Gasteiger partial charge is 0.227 e. The van der Waals surface area contributed by atoms with E-state index in [0.29, 0.717) is 18.2 Å². The van der Waals surface area contributed by atoms with Crippen molar-refractivity contribution < 1.29 is 9.32 Å². The van der Waals surface area contributed by atoms with Crippen molar-refractivity contribution in [3.8, 4) is 0 Å². The van der Waals surface area contributed by atoms with E-state index in [0.717, 1.165) is 61.9 Å². The molecule has 4 aliphatic rings. The topological polar surface area (TPSA) is 69.6 Å². The number of aryl methyl sites for hydroxylation is 2. The molecule has 1 aromatic heterocycles. The number of benzene rings is 1. The summed E-state index contributed by atoms with van der Waals surface area (Å²) in [5, 5.41) is 10.1. The van der Waals surface area contributed by atoms with Crippen LogP contribution in [0.3, 0.4) is 0 Å². The van der Waals surface area contributed by atoms with Crippen LogP contribution in [-0.4, -0.2) is 56.8 Å². The fraction of sp³-hybridized carbons (Fsp3) is 0.600. The molecule has 1 aromatic carbocycles. The first-order chi connectivity index (χ1) is 15.7.